The highest BCUT2D eigenvalue weighted by Crippen LogP contribution is 2.23. The van der Waals surface area contributed by atoms with Gasteiger partial charge in [-0.3, -0.25) is 9.59 Å². The van der Waals surface area contributed by atoms with Crippen LogP contribution in [0.5, 0.6) is 0 Å². The van der Waals surface area contributed by atoms with Crippen LogP contribution in [0.1, 0.15) is 36.7 Å². The molecule has 0 bridgehead atoms. The fourth-order valence-corrected chi connectivity index (χ4v) is 1.85. The van der Waals surface area contributed by atoms with Gasteiger partial charge in [0.1, 0.15) is 5.56 Å². The molecule has 1 aromatic carbocycles. The number of nitrogens with one attached hydrogen (secondary N) is 2. The Morgan fingerprint density at radius 3 is 2.30 bits per heavy atom. The summed E-state index contributed by atoms with van der Waals surface area (Å²) < 4.78 is 0. The smallest absolute Gasteiger partial charge is 0.261 e. The molecule has 0 aliphatic rings. The molecular formula is C16H18N2O2. The number of rotatable bonds is 2. The van der Waals surface area contributed by atoms with Crippen molar-refractivity contribution in [1.82, 2.24) is 4.98 Å². The minimum absolute atomic E-state index is 0.0686. The lowest BCUT2D eigenvalue weighted by atomic mass is 9.87. The maximum Gasteiger partial charge on any atom is 0.261 e. The zero-order valence-corrected chi connectivity index (χ0v) is 11.9. The SMILES string of the molecule is CC(C)(C)c1ccc(NC(=O)c2c[nH]ccc2=O)cc1. The van der Waals surface area contributed by atoms with E-state index in [1.807, 2.05) is 24.3 Å². The summed E-state index contributed by atoms with van der Waals surface area (Å²) in [5.41, 5.74) is 1.73. The quantitative estimate of drug-likeness (QED) is 0.881. The Labute approximate surface area is 117 Å². The van der Waals surface area contributed by atoms with E-state index >= 15 is 0 Å². The van der Waals surface area contributed by atoms with E-state index in [0.29, 0.717) is 5.69 Å². The van der Waals surface area contributed by atoms with E-state index in [0.717, 1.165) is 0 Å². The molecule has 0 radical (unpaired) electrons. The molecule has 104 valence electrons. The molecule has 1 aromatic heterocycles. The third-order valence-corrected chi connectivity index (χ3v) is 3.08. The van der Waals surface area contributed by atoms with Crippen LogP contribution in [-0.4, -0.2) is 10.9 Å². The average molecular weight is 270 g/mol. The summed E-state index contributed by atoms with van der Waals surface area (Å²) in [6.07, 6.45) is 2.90. The summed E-state index contributed by atoms with van der Waals surface area (Å²) >= 11 is 0. The molecule has 0 saturated carbocycles. The third kappa shape index (κ3) is 3.15. The average Bonchev–Trinajstić information content (AvgIpc) is 2.38. The fourth-order valence-electron chi connectivity index (χ4n) is 1.85. The minimum Gasteiger partial charge on any atom is -0.367 e. The van der Waals surface area contributed by atoms with E-state index in [9.17, 15) is 9.59 Å². The molecule has 0 unspecified atom stereocenters. The van der Waals surface area contributed by atoms with Gasteiger partial charge in [-0.15, -0.1) is 0 Å². The predicted molar refractivity (Wildman–Crippen MR) is 80.2 cm³/mol. The lowest BCUT2D eigenvalue weighted by molar-refractivity contribution is 0.102. The summed E-state index contributed by atoms with van der Waals surface area (Å²) in [6, 6.07) is 8.97. The van der Waals surface area contributed by atoms with Crippen LogP contribution in [0.25, 0.3) is 0 Å². The van der Waals surface area contributed by atoms with Crippen LogP contribution >= 0.6 is 0 Å². The molecule has 0 aliphatic carbocycles. The molecule has 0 spiro atoms. The van der Waals surface area contributed by atoms with Crippen LogP contribution in [0.15, 0.2) is 47.5 Å². The van der Waals surface area contributed by atoms with Gasteiger partial charge in [-0.25, -0.2) is 0 Å². The van der Waals surface area contributed by atoms with E-state index in [4.69, 9.17) is 0 Å². The Balaban J connectivity index is 2.17. The number of aromatic amines is 1. The van der Waals surface area contributed by atoms with Gasteiger partial charge in [0.15, 0.2) is 5.43 Å². The molecule has 4 heteroatoms. The van der Waals surface area contributed by atoms with Crippen LogP contribution in [-0.2, 0) is 5.41 Å². The van der Waals surface area contributed by atoms with Gasteiger partial charge < -0.3 is 10.3 Å². The van der Waals surface area contributed by atoms with Gasteiger partial charge >= 0.3 is 0 Å². The van der Waals surface area contributed by atoms with Crippen LogP contribution in [0.4, 0.5) is 5.69 Å². The van der Waals surface area contributed by atoms with Crippen molar-refractivity contribution >= 4 is 11.6 Å². The zero-order chi connectivity index (χ0) is 14.8. The Bertz CT molecular complexity index is 664. The molecule has 2 aromatic rings. The van der Waals surface area contributed by atoms with Gasteiger partial charge in [-0.1, -0.05) is 32.9 Å². The normalized spacial score (nSPS) is 11.2. The van der Waals surface area contributed by atoms with Gasteiger partial charge in [-0.05, 0) is 23.1 Å². The first-order valence-electron chi connectivity index (χ1n) is 6.47. The zero-order valence-electron chi connectivity index (χ0n) is 11.9. The Hall–Kier alpha value is -2.36. The Kier molecular flexibility index (Phi) is 3.74. The topological polar surface area (TPSA) is 62.0 Å². The van der Waals surface area contributed by atoms with Crippen molar-refractivity contribution in [3.05, 3.63) is 64.1 Å². The molecule has 1 amide bonds. The highest BCUT2D eigenvalue weighted by atomic mass is 16.2. The molecule has 0 atom stereocenters. The van der Waals surface area contributed by atoms with Crippen molar-refractivity contribution in [3.8, 4) is 0 Å². The van der Waals surface area contributed by atoms with E-state index in [-0.39, 0.29) is 16.4 Å². The first-order chi connectivity index (χ1) is 9.38. The molecule has 0 saturated heterocycles. The maximum atomic E-state index is 12.0. The highest BCUT2D eigenvalue weighted by Gasteiger charge is 2.14. The fraction of sp³-hybridized carbons (Fsp3) is 0.250. The number of carbonyl (C=O) groups excluding carboxylic acids is 1. The van der Waals surface area contributed by atoms with Crippen molar-refractivity contribution in [2.45, 2.75) is 26.2 Å². The summed E-state index contributed by atoms with van der Waals surface area (Å²) in [5, 5.41) is 2.72. The number of benzene rings is 1. The number of hydrogen-bond acceptors (Lipinski definition) is 2. The van der Waals surface area contributed by atoms with E-state index in [1.54, 1.807) is 0 Å². The van der Waals surface area contributed by atoms with E-state index in [2.05, 4.69) is 31.1 Å². The standard InChI is InChI=1S/C16H18N2O2/c1-16(2,3)11-4-6-12(7-5-11)18-15(20)13-10-17-9-8-14(13)19/h4-10H,1-3H3,(H,17,19)(H,18,20). The lowest BCUT2D eigenvalue weighted by Gasteiger charge is -2.19. The highest BCUT2D eigenvalue weighted by molar-refractivity contribution is 6.03. The van der Waals surface area contributed by atoms with Crippen LogP contribution < -0.4 is 10.7 Å². The molecule has 4 nitrogen and oxygen atoms in total. The van der Waals surface area contributed by atoms with Crippen LogP contribution in [0.2, 0.25) is 0 Å². The largest absolute Gasteiger partial charge is 0.367 e. The number of H-pyrrole nitrogens is 1. The third-order valence-electron chi connectivity index (χ3n) is 3.08. The van der Waals surface area contributed by atoms with Crippen LogP contribution in [0, 0.1) is 0 Å². The van der Waals surface area contributed by atoms with E-state index in [1.165, 1.54) is 24.0 Å². The van der Waals surface area contributed by atoms with Crippen molar-refractivity contribution < 1.29 is 4.79 Å². The summed E-state index contributed by atoms with van der Waals surface area (Å²) in [4.78, 5) is 26.3. The number of anilines is 1. The van der Waals surface area contributed by atoms with Crippen molar-refractivity contribution in [2.24, 2.45) is 0 Å². The van der Waals surface area contributed by atoms with Crippen molar-refractivity contribution in [1.29, 1.82) is 0 Å². The molecule has 2 rings (SSSR count). The second-order valence-electron chi connectivity index (χ2n) is 5.70. The number of amides is 1. The number of carbonyl (C=O) groups is 1. The first-order valence-corrected chi connectivity index (χ1v) is 6.47. The predicted octanol–water partition coefficient (Wildman–Crippen LogP) is 2.92. The second kappa shape index (κ2) is 5.33. The number of aromatic nitrogens is 1. The molecule has 0 fully saturated rings. The molecule has 2 N–H and O–H groups in total. The van der Waals surface area contributed by atoms with Crippen molar-refractivity contribution in [2.75, 3.05) is 5.32 Å². The van der Waals surface area contributed by atoms with Gasteiger partial charge in [0, 0.05) is 24.1 Å². The first kappa shape index (κ1) is 14.1. The molecule has 0 aliphatic heterocycles. The Morgan fingerprint density at radius 2 is 1.75 bits per heavy atom. The molecular weight excluding hydrogens is 252 g/mol. The van der Waals surface area contributed by atoms with Gasteiger partial charge in [0.25, 0.3) is 5.91 Å². The van der Waals surface area contributed by atoms with Gasteiger partial charge in [0.05, 0.1) is 0 Å². The minimum atomic E-state index is -0.407. The monoisotopic (exact) mass is 270 g/mol. The summed E-state index contributed by atoms with van der Waals surface area (Å²) in [7, 11) is 0. The van der Waals surface area contributed by atoms with E-state index < -0.39 is 5.91 Å². The second-order valence-corrected chi connectivity index (χ2v) is 5.70. The molecule has 20 heavy (non-hydrogen) atoms. The maximum absolute atomic E-state index is 12.0. The van der Waals surface area contributed by atoms with Crippen molar-refractivity contribution in [3.63, 3.8) is 0 Å². The van der Waals surface area contributed by atoms with Gasteiger partial charge in [-0.2, -0.15) is 0 Å². The summed E-state index contributed by atoms with van der Waals surface area (Å²) in [6.45, 7) is 6.39. The summed E-state index contributed by atoms with van der Waals surface area (Å²) in [5.74, 6) is -0.407. The van der Waals surface area contributed by atoms with Gasteiger partial charge in [0.2, 0.25) is 0 Å². The number of pyridine rings is 1. The lowest BCUT2D eigenvalue weighted by Crippen LogP contribution is -2.21. The Morgan fingerprint density at radius 1 is 1.10 bits per heavy atom. The number of hydrogen-bond donors (Lipinski definition) is 2. The van der Waals surface area contributed by atoms with Crippen LogP contribution in [0.3, 0.4) is 0 Å². The molecule has 1 heterocycles.